The number of benzene rings is 2. The van der Waals surface area contributed by atoms with Gasteiger partial charge in [-0.15, -0.1) is 0 Å². The first-order chi connectivity index (χ1) is 9.56. The monoisotopic (exact) mass is 264 g/mol. The molecule has 2 aromatic rings. The molecular weight excluding hydrogens is 240 g/mol. The molecule has 0 atom stereocenters. The van der Waals surface area contributed by atoms with Gasteiger partial charge in [0.2, 0.25) is 0 Å². The maximum Gasteiger partial charge on any atom is -0.0178 e. The van der Waals surface area contributed by atoms with Crippen LogP contribution in [0, 0.1) is 6.92 Å². The molecule has 2 aromatic carbocycles. The lowest BCUT2D eigenvalue weighted by Gasteiger charge is -2.04. The van der Waals surface area contributed by atoms with Gasteiger partial charge >= 0.3 is 0 Å². The topological polar surface area (TPSA) is 0 Å². The third kappa shape index (κ3) is 4.24. The molecule has 0 fully saturated rings. The molecule has 0 heteroatoms. The Morgan fingerprint density at radius 3 is 2.15 bits per heavy atom. The fourth-order valence-corrected chi connectivity index (χ4v) is 1.90. The van der Waals surface area contributed by atoms with Crippen molar-refractivity contribution in [1.29, 1.82) is 0 Å². The Labute approximate surface area is 123 Å². The molecule has 0 aliphatic carbocycles. The molecule has 0 bridgehead atoms. The van der Waals surface area contributed by atoms with E-state index in [-0.39, 0.29) is 0 Å². The van der Waals surface area contributed by atoms with Crippen LogP contribution in [0.3, 0.4) is 0 Å². The van der Waals surface area contributed by atoms with Gasteiger partial charge in [0.05, 0.1) is 0 Å². The Morgan fingerprint density at radius 2 is 1.50 bits per heavy atom. The summed E-state index contributed by atoms with van der Waals surface area (Å²) in [6, 6.07) is 12.9. The number of aryl methyl sites for hydroxylation is 1. The van der Waals surface area contributed by atoms with Gasteiger partial charge in [-0.25, -0.2) is 0 Å². The van der Waals surface area contributed by atoms with E-state index in [9.17, 15) is 0 Å². The Hall–Kier alpha value is -2.08. The van der Waals surface area contributed by atoms with Crippen molar-refractivity contribution in [1.82, 2.24) is 0 Å². The summed E-state index contributed by atoms with van der Waals surface area (Å²) in [7, 11) is 0. The molecule has 2 rings (SSSR count). The van der Waals surface area contributed by atoms with E-state index in [1.807, 2.05) is 32.9 Å². The van der Waals surface area contributed by atoms with Crippen LogP contribution in [0.4, 0.5) is 0 Å². The van der Waals surface area contributed by atoms with Gasteiger partial charge in [0, 0.05) is 0 Å². The fourth-order valence-electron chi connectivity index (χ4n) is 1.90. The Morgan fingerprint density at radius 1 is 0.900 bits per heavy atom. The van der Waals surface area contributed by atoms with E-state index in [2.05, 4.69) is 56.5 Å². The van der Waals surface area contributed by atoms with Crippen LogP contribution >= 0.6 is 0 Å². The van der Waals surface area contributed by atoms with E-state index >= 15 is 0 Å². The molecule has 0 saturated heterocycles. The molecule has 0 amide bonds. The van der Waals surface area contributed by atoms with Crippen molar-refractivity contribution in [3.05, 3.63) is 78.4 Å². The van der Waals surface area contributed by atoms with Crippen LogP contribution in [-0.2, 0) is 0 Å². The van der Waals surface area contributed by atoms with Gasteiger partial charge in [0.25, 0.3) is 0 Å². The van der Waals surface area contributed by atoms with Crippen molar-refractivity contribution >= 4 is 16.3 Å². The van der Waals surface area contributed by atoms with E-state index in [1.54, 1.807) is 0 Å². The van der Waals surface area contributed by atoms with Gasteiger partial charge in [-0.05, 0) is 41.8 Å². The van der Waals surface area contributed by atoms with Crippen molar-refractivity contribution in [2.45, 2.75) is 27.7 Å². The highest BCUT2D eigenvalue weighted by Gasteiger charge is 1.98. The number of hydrogen-bond acceptors (Lipinski definition) is 0. The molecule has 0 heterocycles. The van der Waals surface area contributed by atoms with Crippen LogP contribution < -0.4 is 0 Å². The molecule has 0 radical (unpaired) electrons. The fraction of sp³-hybridized carbons (Fsp3) is 0.200. The summed E-state index contributed by atoms with van der Waals surface area (Å²) in [5.74, 6) is 0. The molecule has 20 heavy (non-hydrogen) atoms. The van der Waals surface area contributed by atoms with Gasteiger partial charge in [0.15, 0.2) is 0 Å². The van der Waals surface area contributed by atoms with Gasteiger partial charge < -0.3 is 0 Å². The largest absolute Gasteiger partial charge is 0.0961 e. The number of rotatable bonds is 3. The zero-order valence-corrected chi connectivity index (χ0v) is 13.0. The Kier molecular flexibility index (Phi) is 5.99. The first-order valence-corrected chi connectivity index (χ1v) is 7.09. The number of allylic oxidation sites excluding steroid dienone is 4. The summed E-state index contributed by atoms with van der Waals surface area (Å²) in [5, 5.41) is 2.53. The molecule has 0 unspecified atom stereocenters. The Balaban J connectivity index is 0.000000956. The first kappa shape index (κ1) is 16.0. The van der Waals surface area contributed by atoms with Crippen LogP contribution in [0.15, 0.2) is 67.3 Å². The number of fused-ring (bicyclic) bond motifs is 1. The second-order valence-corrected chi connectivity index (χ2v) is 4.77. The van der Waals surface area contributed by atoms with Crippen LogP contribution in [0.5, 0.6) is 0 Å². The maximum absolute atomic E-state index is 4.09. The second-order valence-electron chi connectivity index (χ2n) is 4.77. The van der Waals surface area contributed by atoms with Crippen molar-refractivity contribution in [2.24, 2.45) is 0 Å². The molecule has 0 nitrogen and oxygen atoms in total. The Bertz CT molecular complexity index is 642. The molecule has 0 N–H and O–H groups in total. The van der Waals surface area contributed by atoms with Gasteiger partial charge in [-0.1, -0.05) is 80.6 Å². The second kappa shape index (κ2) is 7.49. The van der Waals surface area contributed by atoms with Crippen LogP contribution in [-0.4, -0.2) is 0 Å². The van der Waals surface area contributed by atoms with Crippen molar-refractivity contribution < 1.29 is 0 Å². The molecule has 104 valence electrons. The third-order valence-corrected chi connectivity index (χ3v) is 2.94. The molecular formula is C20H24. The lowest BCUT2D eigenvalue weighted by atomic mass is 10.0. The standard InChI is InChI=1S/C18H18.C2H6/c1-13(2)5-7-15(4)16-9-10-17-11-14(3)6-8-18(17)12-16;1-2/h5-12H,1,4H2,2-3H3;1-2H3/b7-5-;. The summed E-state index contributed by atoms with van der Waals surface area (Å²) in [6.07, 6.45) is 4.00. The third-order valence-electron chi connectivity index (χ3n) is 2.94. The van der Waals surface area contributed by atoms with E-state index in [4.69, 9.17) is 0 Å². The zero-order valence-electron chi connectivity index (χ0n) is 13.0. The van der Waals surface area contributed by atoms with E-state index in [0.717, 1.165) is 16.7 Å². The van der Waals surface area contributed by atoms with Crippen LogP contribution in [0.25, 0.3) is 16.3 Å². The molecule has 0 aliphatic rings. The average molecular weight is 264 g/mol. The highest BCUT2D eigenvalue weighted by Crippen LogP contribution is 2.22. The highest BCUT2D eigenvalue weighted by atomic mass is 14.0. The lowest BCUT2D eigenvalue weighted by molar-refractivity contribution is 1.50. The summed E-state index contributed by atoms with van der Waals surface area (Å²) in [5.41, 5.74) is 4.49. The minimum Gasteiger partial charge on any atom is -0.0961 e. The number of hydrogen-bond donors (Lipinski definition) is 0. The predicted octanol–water partition coefficient (Wildman–Crippen LogP) is 6.32. The summed E-state index contributed by atoms with van der Waals surface area (Å²) in [6.45, 7) is 16.0. The first-order valence-electron chi connectivity index (χ1n) is 7.09. The summed E-state index contributed by atoms with van der Waals surface area (Å²) >= 11 is 0. The van der Waals surface area contributed by atoms with Crippen LogP contribution in [0.2, 0.25) is 0 Å². The van der Waals surface area contributed by atoms with Gasteiger partial charge in [0.1, 0.15) is 0 Å². The van der Waals surface area contributed by atoms with E-state index < -0.39 is 0 Å². The maximum atomic E-state index is 4.09. The quantitative estimate of drug-likeness (QED) is 0.569. The normalized spacial score (nSPS) is 10.2. The van der Waals surface area contributed by atoms with Crippen LogP contribution in [0.1, 0.15) is 31.9 Å². The van der Waals surface area contributed by atoms with Crippen molar-refractivity contribution in [2.75, 3.05) is 0 Å². The zero-order chi connectivity index (χ0) is 15.1. The van der Waals surface area contributed by atoms with Gasteiger partial charge in [-0.3, -0.25) is 0 Å². The van der Waals surface area contributed by atoms with Crippen molar-refractivity contribution in [3.8, 4) is 0 Å². The summed E-state index contributed by atoms with van der Waals surface area (Å²) < 4.78 is 0. The molecule has 0 saturated carbocycles. The smallest absolute Gasteiger partial charge is 0.0178 e. The predicted molar refractivity (Wildman–Crippen MR) is 93.0 cm³/mol. The molecule has 0 aromatic heterocycles. The minimum absolute atomic E-state index is 1.01. The highest BCUT2D eigenvalue weighted by molar-refractivity contribution is 5.88. The van der Waals surface area contributed by atoms with E-state index in [0.29, 0.717) is 0 Å². The van der Waals surface area contributed by atoms with Gasteiger partial charge in [-0.2, -0.15) is 0 Å². The average Bonchev–Trinajstić information content (AvgIpc) is 2.46. The molecule has 0 spiro atoms. The SMILES string of the molecule is C=C(C)/C=C\C(=C)c1ccc2cc(C)ccc2c1.CC. The van der Waals surface area contributed by atoms with E-state index in [1.165, 1.54) is 16.3 Å². The lowest BCUT2D eigenvalue weighted by Crippen LogP contribution is -1.81. The molecule has 0 aliphatic heterocycles. The van der Waals surface area contributed by atoms with Crippen molar-refractivity contribution in [3.63, 3.8) is 0 Å². The summed E-state index contributed by atoms with van der Waals surface area (Å²) in [4.78, 5) is 0. The minimum atomic E-state index is 1.01.